The number of thiazole rings is 1. The van der Waals surface area contributed by atoms with E-state index in [1.165, 1.54) is 17.4 Å². The maximum Gasteiger partial charge on any atom is 0.387 e. The molecule has 5 nitrogen and oxygen atoms in total. The fourth-order valence-electron chi connectivity index (χ4n) is 2.79. The lowest BCUT2D eigenvalue weighted by molar-refractivity contribution is -0.121. The molecular weight excluding hydrogens is 384 g/mol. The molecule has 2 aromatic heterocycles. The number of benzene rings is 1. The molecule has 1 N–H and O–H groups in total. The van der Waals surface area contributed by atoms with Gasteiger partial charge < -0.3 is 10.1 Å². The molecule has 1 unspecified atom stereocenters. The van der Waals surface area contributed by atoms with E-state index in [2.05, 4.69) is 20.0 Å². The van der Waals surface area contributed by atoms with Crippen molar-refractivity contribution in [2.75, 3.05) is 0 Å². The van der Waals surface area contributed by atoms with E-state index >= 15 is 0 Å². The first kappa shape index (κ1) is 19.9. The molecule has 0 bridgehead atoms. The van der Waals surface area contributed by atoms with E-state index in [0.29, 0.717) is 17.7 Å². The minimum atomic E-state index is -2.92. The zero-order valence-corrected chi connectivity index (χ0v) is 16.0. The van der Waals surface area contributed by atoms with Crippen molar-refractivity contribution in [3.05, 3.63) is 65.4 Å². The van der Waals surface area contributed by atoms with Gasteiger partial charge in [-0.05, 0) is 24.6 Å². The van der Waals surface area contributed by atoms with Gasteiger partial charge in [0.2, 0.25) is 5.91 Å². The second kappa shape index (κ2) is 9.36. The highest BCUT2D eigenvalue weighted by Gasteiger charge is 2.19. The van der Waals surface area contributed by atoms with Crippen LogP contribution in [0.3, 0.4) is 0 Å². The molecule has 0 radical (unpaired) electrons. The van der Waals surface area contributed by atoms with E-state index in [9.17, 15) is 13.6 Å². The van der Waals surface area contributed by atoms with E-state index in [1.807, 2.05) is 24.4 Å². The monoisotopic (exact) mass is 403 g/mol. The van der Waals surface area contributed by atoms with Crippen LogP contribution in [0.25, 0.3) is 10.6 Å². The number of alkyl halides is 2. The molecule has 0 spiro atoms. The molecule has 0 saturated heterocycles. The average molecular weight is 403 g/mol. The summed E-state index contributed by atoms with van der Waals surface area (Å²) in [4.78, 5) is 21.0. The Kier molecular flexibility index (Phi) is 6.65. The quantitative estimate of drug-likeness (QED) is 0.596. The number of rotatable bonds is 8. The fourth-order valence-corrected chi connectivity index (χ4v) is 3.60. The number of halogens is 2. The van der Waals surface area contributed by atoms with E-state index in [-0.39, 0.29) is 18.1 Å². The molecule has 8 heteroatoms. The molecular formula is C20H19F2N3O2S. The van der Waals surface area contributed by atoms with Crippen molar-refractivity contribution in [2.45, 2.75) is 32.4 Å². The van der Waals surface area contributed by atoms with Crippen molar-refractivity contribution < 1.29 is 18.3 Å². The summed E-state index contributed by atoms with van der Waals surface area (Å²) in [6.45, 7) is -1.05. The van der Waals surface area contributed by atoms with Crippen LogP contribution >= 0.6 is 11.3 Å². The van der Waals surface area contributed by atoms with Crippen molar-refractivity contribution in [1.29, 1.82) is 0 Å². The third kappa shape index (κ3) is 5.10. The Morgan fingerprint density at radius 2 is 2.07 bits per heavy atom. The standard InChI is InChI=1S/C20H19F2N3O2S/c1-2-16(15-7-3-4-8-17(15)27-20(21)22)25-18(26)10-14-12-28-19(24-14)13-6-5-9-23-11-13/h3-9,11-12,16,20H,2,10H2,1H3,(H,25,26). The number of carbonyl (C=O) groups is 1. The van der Waals surface area contributed by atoms with Crippen molar-refractivity contribution >= 4 is 17.2 Å². The SMILES string of the molecule is CCC(NC(=O)Cc1csc(-c2cccnc2)n1)c1ccccc1OC(F)F. The number of hydrogen-bond acceptors (Lipinski definition) is 5. The lowest BCUT2D eigenvalue weighted by Gasteiger charge is -2.20. The number of pyridine rings is 1. The van der Waals surface area contributed by atoms with Crippen LogP contribution in [0.4, 0.5) is 8.78 Å². The Bertz CT molecular complexity index is 919. The molecule has 3 aromatic rings. The van der Waals surface area contributed by atoms with E-state index < -0.39 is 12.7 Å². The van der Waals surface area contributed by atoms with Crippen molar-refractivity contribution in [1.82, 2.24) is 15.3 Å². The predicted molar refractivity (Wildman–Crippen MR) is 103 cm³/mol. The van der Waals surface area contributed by atoms with E-state index in [4.69, 9.17) is 0 Å². The van der Waals surface area contributed by atoms with Gasteiger partial charge in [-0.25, -0.2) is 4.98 Å². The van der Waals surface area contributed by atoms with Crippen LogP contribution in [0, 0.1) is 0 Å². The van der Waals surface area contributed by atoms with Gasteiger partial charge in [0.15, 0.2) is 0 Å². The van der Waals surface area contributed by atoms with Crippen LogP contribution in [0.5, 0.6) is 5.75 Å². The van der Waals surface area contributed by atoms with Crippen LogP contribution in [0.1, 0.15) is 30.6 Å². The zero-order chi connectivity index (χ0) is 19.9. The minimum Gasteiger partial charge on any atom is -0.434 e. The molecule has 0 aliphatic heterocycles. The lowest BCUT2D eigenvalue weighted by atomic mass is 10.0. The molecule has 28 heavy (non-hydrogen) atoms. The molecule has 2 heterocycles. The minimum absolute atomic E-state index is 0.0668. The number of amides is 1. The number of nitrogens with one attached hydrogen (secondary N) is 1. The normalized spacial score (nSPS) is 12.0. The molecule has 3 rings (SSSR count). The van der Waals surface area contributed by atoms with Gasteiger partial charge in [0.25, 0.3) is 0 Å². The van der Waals surface area contributed by atoms with Crippen molar-refractivity contribution in [3.63, 3.8) is 0 Å². The largest absolute Gasteiger partial charge is 0.434 e. The average Bonchev–Trinajstić information content (AvgIpc) is 3.15. The van der Waals surface area contributed by atoms with Crippen LogP contribution in [-0.2, 0) is 11.2 Å². The molecule has 0 saturated carbocycles. The van der Waals surface area contributed by atoms with Gasteiger partial charge in [0.05, 0.1) is 18.2 Å². The maximum atomic E-state index is 12.6. The Morgan fingerprint density at radius 3 is 2.79 bits per heavy atom. The fraction of sp³-hybridized carbons (Fsp3) is 0.250. The van der Waals surface area contributed by atoms with E-state index in [1.54, 1.807) is 30.6 Å². The van der Waals surface area contributed by atoms with Crippen LogP contribution < -0.4 is 10.1 Å². The predicted octanol–water partition coefficient (Wildman–Crippen LogP) is 4.62. The van der Waals surface area contributed by atoms with Gasteiger partial charge in [0.1, 0.15) is 10.8 Å². The van der Waals surface area contributed by atoms with Gasteiger partial charge in [0, 0.05) is 28.9 Å². The number of para-hydroxylation sites is 1. The molecule has 1 amide bonds. The first-order chi connectivity index (χ1) is 13.6. The highest BCUT2D eigenvalue weighted by molar-refractivity contribution is 7.13. The smallest absolute Gasteiger partial charge is 0.387 e. The third-order valence-corrected chi connectivity index (χ3v) is 5.00. The first-order valence-electron chi connectivity index (χ1n) is 8.74. The molecule has 146 valence electrons. The summed E-state index contributed by atoms with van der Waals surface area (Å²) in [6, 6.07) is 9.79. The van der Waals surface area contributed by atoms with E-state index in [0.717, 1.165) is 10.6 Å². The van der Waals surface area contributed by atoms with Gasteiger partial charge in [-0.3, -0.25) is 9.78 Å². The Hall–Kier alpha value is -2.87. The number of hydrogen-bond donors (Lipinski definition) is 1. The number of ether oxygens (including phenoxy) is 1. The summed E-state index contributed by atoms with van der Waals surface area (Å²) in [7, 11) is 0. The number of nitrogens with zero attached hydrogens (tertiary/aromatic N) is 2. The molecule has 0 fully saturated rings. The molecule has 0 aliphatic carbocycles. The molecule has 1 aromatic carbocycles. The van der Waals surface area contributed by atoms with Gasteiger partial charge in [-0.2, -0.15) is 8.78 Å². The number of carbonyl (C=O) groups excluding carboxylic acids is 1. The summed E-state index contributed by atoms with van der Waals surface area (Å²) in [5.74, 6) is -0.168. The van der Waals surface area contributed by atoms with Crippen LogP contribution in [0.2, 0.25) is 0 Å². The Morgan fingerprint density at radius 1 is 1.25 bits per heavy atom. The second-order valence-corrected chi connectivity index (χ2v) is 6.87. The van der Waals surface area contributed by atoms with Crippen molar-refractivity contribution in [2.24, 2.45) is 0 Å². The maximum absolute atomic E-state index is 12.6. The Balaban J connectivity index is 1.68. The number of aromatic nitrogens is 2. The highest BCUT2D eigenvalue weighted by atomic mass is 32.1. The summed E-state index contributed by atoms with van der Waals surface area (Å²) < 4.78 is 29.9. The third-order valence-electron chi connectivity index (χ3n) is 4.06. The van der Waals surface area contributed by atoms with Gasteiger partial charge in [-0.15, -0.1) is 11.3 Å². The summed E-state index contributed by atoms with van der Waals surface area (Å²) >= 11 is 1.44. The molecule has 1 atom stereocenters. The van der Waals surface area contributed by atoms with Crippen molar-refractivity contribution in [3.8, 4) is 16.3 Å². The summed E-state index contributed by atoms with van der Waals surface area (Å²) in [5, 5.41) is 5.50. The van der Waals surface area contributed by atoms with Gasteiger partial charge >= 0.3 is 6.61 Å². The topological polar surface area (TPSA) is 64.1 Å². The summed E-state index contributed by atoms with van der Waals surface area (Å²) in [6.07, 6.45) is 4.04. The molecule has 0 aliphatic rings. The van der Waals surface area contributed by atoms with Crippen LogP contribution in [-0.4, -0.2) is 22.5 Å². The van der Waals surface area contributed by atoms with Gasteiger partial charge in [-0.1, -0.05) is 25.1 Å². The second-order valence-electron chi connectivity index (χ2n) is 6.01. The first-order valence-corrected chi connectivity index (χ1v) is 9.62. The zero-order valence-electron chi connectivity index (χ0n) is 15.1. The lowest BCUT2D eigenvalue weighted by Crippen LogP contribution is -2.30. The Labute approximate surface area is 165 Å². The highest BCUT2D eigenvalue weighted by Crippen LogP contribution is 2.29. The van der Waals surface area contributed by atoms with Crippen LogP contribution in [0.15, 0.2) is 54.2 Å². The summed E-state index contributed by atoms with van der Waals surface area (Å²) in [5.41, 5.74) is 2.06.